The van der Waals surface area contributed by atoms with Crippen LogP contribution in [0.25, 0.3) is 0 Å². The van der Waals surface area contributed by atoms with Gasteiger partial charge in [-0.2, -0.15) is 0 Å². The summed E-state index contributed by atoms with van der Waals surface area (Å²) < 4.78 is 5.61. The number of nitrogens with zero attached hydrogens (tertiary/aromatic N) is 4. The molecule has 32 heavy (non-hydrogen) atoms. The molecule has 8 N–H and O–H groups in total. The number of aliphatic imine (C=N–C) groups is 3. The number of rotatable bonds is 7. The number of hydrogen-bond donors (Lipinski definition) is 6. The number of carbonyl (C=O) groups excluding carboxylic acids is 1. The molecule has 3 aliphatic rings. The van der Waals surface area contributed by atoms with E-state index >= 15 is 0 Å². The lowest BCUT2D eigenvalue weighted by Gasteiger charge is -2.32. The number of fused-ring (bicyclic) bond motifs is 1. The number of benzene rings is 1. The predicted octanol–water partition coefficient (Wildman–Crippen LogP) is -2.99. The van der Waals surface area contributed by atoms with E-state index in [2.05, 4.69) is 20.3 Å². The number of amidine groups is 1. The van der Waals surface area contributed by atoms with E-state index in [1.807, 2.05) is 0 Å². The minimum Gasteiger partial charge on any atom is -0.394 e. The summed E-state index contributed by atoms with van der Waals surface area (Å²) in [5, 5.41) is 32.5. The van der Waals surface area contributed by atoms with Gasteiger partial charge in [0.05, 0.1) is 13.0 Å². The minimum absolute atomic E-state index is 0.0997. The van der Waals surface area contributed by atoms with Gasteiger partial charge < -0.3 is 36.0 Å². The molecule has 1 unspecified atom stereocenters. The highest BCUT2D eigenvalue weighted by molar-refractivity contribution is 6.47. The fourth-order valence-corrected chi connectivity index (χ4v) is 3.97. The second-order valence-corrected chi connectivity index (χ2v) is 7.82. The monoisotopic (exact) mass is 445 g/mol. The highest BCUT2D eigenvalue weighted by atomic mass is 16.6. The van der Waals surface area contributed by atoms with E-state index < -0.39 is 36.8 Å². The summed E-state index contributed by atoms with van der Waals surface area (Å²) in [5.41, 5.74) is 12.6. The van der Waals surface area contributed by atoms with E-state index in [0.717, 1.165) is 5.56 Å². The summed E-state index contributed by atoms with van der Waals surface area (Å²) in [4.78, 5) is 26.6. The average Bonchev–Trinajstić information content (AvgIpc) is 3.35. The van der Waals surface area contributed by atoms with Crippen LogP contribution in [0.5, 0.6) is 0 Å². The molecule has 1 aromatic rings. The van der Waals surface area contributed by atoms with Gasteiger partial charge in [0.15, 0.2) is 17.7 Å². The Morgan fingerprint density at radius 2 is 2.03 bits per heavy atom. The van der Waals surface area contributed by atoms with E-state index in [0.29, 0.717) is 30.2 Å². The molecule has 3 heterocycles. The van der Waals surface area contributed by atoms with Gasteiger partial charge in [-0.1, -0.05) is 24.3 Å². The van der Waals surface area contributed by atoms with Gasteiger partial charge in [0.25, 0.3) is 0 Å². The third-order valence-electron chi connectivity index (χ3n) is 5.72. The van der Waals surface area contributed by atoms with Crippen LogP contribution in [0.1, 0.15) is 11.1 Å². The van der Waals surface area contributed by atoms with Gasteiger partial charge in [-0.05, 0) is 5.56 Å². The standard InChI is InChI=1S/C20H27N7O5/c21-5-6-23-14(29)7-11-1-3-12(4-2-11)20(22)17-18(24-9-26-20)27(10-25-17)19-16(31)15(30)13(8-28)32-19/h1-4,9,13,15-16,19,28,30-31H,5-8,10,21-22H2,(H,23,29)/t13-,15-,16-,19-,20?/m1/s1. The first-order valence-electron chi connectivity index (χ1n) is 10.3. The van der Waals surface area contributed by atoms with Crippen LogP contribution < -0.4 is 16.8 Å². The van der Waals surface area contributed by atoms with Crippen molar-refractivity contribution < 1.29 is 24.9 Å². The van der Waals surface area contributed by atoms with Crippen LogP contribution in [0.2, 0.25) is 0 Å². The van der Waals surface area contributed by atoms with Crippen LogP contribution in [-0.4, -0.2) is 94.9 Å². The summed E-state index contributed by atoms with van der Waals surface area (Å²) in [6, 6.07) is 7.16. The Morgan fingerprint density at radius 1 is 1.28 bits per heavy atom. The third kappa shape index (κ3) is 3.92. The molecule has 1 amide bonds. The number of ether oxygens (including phenoxy) is 1. The molecule has 0 aromatic heterocycles. The van der Waals surface area contributed by atoms with Gasteiger partial charge in [-0.15, -0.1) is 0 Å². The van der Waals surface area contributed by atoms with Crippen molar-refractivity contribution in [3.63, 3.8) is 0 Å². The molecule has 4 rings (SSSR count). The van der Waals surface area contributed by atoms with Gasteiger partial charge in [0.1, 0.15) is 37.0 Å². The van der Waals surface area contributed by atoms with Gasteiger partial charge in [-0.25, -0.2) is 9.98 Å². The molecule has 0 saturated carbocycles. The molecule has 0 radical (unpaired) electrons. The fraction of sp³-hybridized carbons (Fsp3) is 0.500. The fourth-order valence-electron chi connectivity index (χ4n) is 3.97. The zero-order valence-corrected chi connectivity index (χ0v) is 17.3. The number of amides is 1. The van der Waals surface area contributed by atoms with Crippen LogP contribution in [0.3, 0.4) is 0 Å². The van der Waals surface area contributed by atoms with Gasteiger partial charge in [0, 0.05) is 18.7 Å². The summed E-state index contributed by atoms with van der Waals surface area (Å²) in [6.45, 7) is 0.472. The summed E-state index contributed by atoms with van der Waals surface area (Å²) in [5.74, 6) is 0.257. The van der Waals surface area contributed by atoms with E-state index in [9.17, 15) is 20.1 Å². The lowest BCUT2D eigenvalue weighted by atomic mass is 9.92. The topological polar surface area (TPSA) is 191 Å². The van der Waals surface area contributed by atoms with E-state index in [1.165, 1.54) is 6.34 Å². The maximum atomic E-state index is 11.9. The smallest absolute Gasteiger partial charge is 0.224 e. The van der Waals surface area contributed by atoms with Crippen LogP contribution >= 0.6 is 0 Å². The van der Waals surface area contributed by atoms with Crippen molar-refractivity contribution in [1.82, 2.24) is 10.2 Å². The zero-order chi connectivity index (χ0) is 22.9. The molecular weight excluding hydrogens is 418 g/mol. The van der Waals surface area contributed by atoms with Gasteiger partial charge in [-0.3, -0.25) is 15.5 Å². The van der Waals surface area contributed by atoms with Crippen LogP contribution in [0.4, 0.5) is 0 Å². The van der Waals surface area contributed by atoms with Crippen molar-refractivity contribution in [2.24, 2.45) is 26.4 Å². The minimum atomic E-state index is -1.31. The molecule has 12 heteroatoms. The molecule has 0 bridgehead atoms. The first kappa shape index (κ1) is 22.5. The first-order chi connectivity index (χ1) is 15.4. The number of aliphatic hydroxyl groups is 3. The number of aliphatic hydroxyl groups excluding tert-OH is 3. The Morgan fingerprint density at radius 3 is 2.69 bits per heavy atom. The number of hydrogen-bond acceptors (Lipinski definition) is 11. The molecule has 3 aliphatic heterocycles. The first-order valence-corrected chi connectivity index (χ1v) is 10.3. The summed E-state index contributed by atoms with van der Waals surface area (Å²) >= 11 is 0. The van der Waals surface area contributed by atoms with Crippen molar-refractivity contribution in [2.75, 3.05) is 26.4 Å². The van der Waals surface area contributed by atoms with Crippen LogP contribution in [-0.2, 0) is 21.6 Å². The quantitative estimate of drug-likeness (QED) is 0.256. The summed E-state index contributed by atoms with van der Waals surface area (Å²) in [6.07, 6.45) is -2.79. The highest BCUT2D eigenvalue weighted by Crippen LogP contribution is 2.32. The molecule has 1 saturated heterocycles. The average molecular weight is 445 g/mol. The highest BCUT2D eigenvalue weighted by Gasteiger charge is 2.50. The third-order valence-corrected chi connectivity index (χ3v) is 5.72. The number of nitrogens with one attached hydrogen (secondary N) is 1. The molecule has 0 spiro atoms. The maximum absolute atomic E-state index is 11.9. The van der Waals surface area contributed by atoms with Gasteiger partial charge in [0.2, 0.25) is 5.91 Å². The second-order valence-electron chi connectivity index (χ2n) is 7.82. The Bertz CT molecular complexity index is 950. The molecule has 172 valence electrons. The number of carbonyl (C=O) groups is 1. The SMILES string of the molecule is NCCNC(=O)Cc1ccc(C2(N)N=CN=C3C2=NCN3[C@@H]2O[C@H](CO)[C@@H](O)[C@H]2O)cc1. The zero-order valence-electron chi connectivity index (χ0n) is 17.3. The molecule has 1 fully saturated rings. The predicted molar refractivity (Wildman–Crippen MR) is 116 cm³/mol. The lowest BCUT2D eigenvalue weighted by molar-refractivity contribution is -0.120. The van der Waals surface area contributed by atoms with Crippen molar-refractivity contribution in [1.29, 1.82) is 0 Å². The summed E-state index contributed by atoms with van der Waals surface area (Å²) in [7, 11) is 0. The molecule has 5 atom stereocenters. The van der Waals surface area contributed by atoms with Crippen molar-refractivity contribution in [3.05, 3.63) is 35.4 Å². The maximum Gasteiger partial charge on any atom is 0.224 e. The Balaban J connectivity index is 1.51. The molecule has 1 aromatic carbocycles. The largest absolute Gasteiger partial charge is 0.394 e. The van der Waals surface area contributed by atoms with Crippen molar-refractivity contribution in [2.45, 2.75) is 36.6 Å². The van der Waals surface area contributed by atoms with Crippen LogP contribution in [0, 0.1) is 0 Å². The normalized spacial score (nSPS) is 31.3. The lowest BCUT2D eigenvalue weighted by Crippen LogP contribution is -2.53. The van der Waals surface area contributed by atoms with Crippen LogP contribution in [0.15, 0.2) is 39.2 Å². The molecule has 12 nitrogen and oxygen atoms in total. The van der Waals surface area contributed by atoms with Crippen molar-refractivity contribution >= 4 is 23.8 Å². The van der Waals surface area contributed by atoms with Gasteiger partial charge >= 0.3 is 0 Å². The molecule has 0 aliphatic carbocycles. The van der Waals surface area contributed by atoms with E-state index in [-0.39, 0.29) is 19.0 Å². The Kier molecular flexibility index (Phi) is 6.33. The number of nitrogens with two attached hydrogens (primary N) is 2. The Hall–Kier alpha value is -2.74. The second kappa shape index (κ2) is 9.02. The van der Waals surface area contributed by atoms with E-state index in [1.54, 1.807) is 29.2 Å². The Labute approximate surface area is 184 Å². The van der Waals surface area contributed by atoms with E-state index in [4.69, 9.17) is 16.2 Å². The molecular formula is C20H27N7O5. The van der Waals surface area contributed by atoms with Crippen molar-refractivity contribution in [3.8, 4) is 0 Å².